The number of aromatic amines is 1. The molecule has 0 aliphatic rings. The Morgan fingerprint density at radius 3 is 2.71 bits per heavy atom. The highest BCUT2D eigenvalue weighted by Crippen LogP contribution is 2.18. The molecule has 2 N–H and O–H groups in total. The van der Waals surface area contributed by atoms with Crippen LogP contribution in [0.4, 0.5) is 4.39 Å². The zero-order valence-corrected chi connectivity index (χ0v) is 14.0. The van der Waals surface area contributed by atoms with E-state index in [1.807, 2.05) is 0 Å². The van der Waals surface area contributed by atoms with E-state index in [-0.39, 0.29) is 23.6 Å². The summed E-state index contributed by atoms with van der Waals surface area (Å²) >= 11 is 0. The SMILES string of the molecule is CCC(Oc1ccccc1F)C(=O)NCc1[nH]cc(C)c(=O)c1C. The molecule has 1 atom stereocenters. The number of halogens is 1. The minimum atomic E-state index is -0.806. The van der Waals surface area contributed by atoms with Crippen LogP contribution in [0.15, 0.2) is 35.3 Å². The molecule has 0 aliphatic heterocycles. The molecule has 24 heavy (non-hydrogen) atoms. The van der Waals surface area contributed by atoms with E-state index in [1.165, 1.54) is 12.1 Å². The summed E-state index contributed by atoms with van der Waals surface area (Å²) in [6, 6.07) is 5.95. The van der Waals surface area contributed by atoms with Crippen molar-refractivity contribution < 1.29 is 13.9 Å². The first-order chi connectivity index (χ1) is 11.4. The molecule has 128 valence electrons. The molecule has 0 aliphatic carbocycles. The third-order valence-corrected chi connectivity index (χ3v) is 3.82. The molecule has 0 saturated heterocycles. The molecule has 5 nitrogen and oxygen atoms in total. The summed E-state index contributed by atoms with van der Waals surface area (Å²) in [6.07, 6.45) is 1.20. The van der Waals surface area contributed by atoms with Crippen LogP contribution in [0.25, 0.3) is 0 Å². The fraction of sp³-hybridized carbons (Fsp3) is 0.333. The predicted molar refractivity (Wildman–Crippen MR) is 89.5 cm³/mol. The third-order valence-electron chi connectivity index (χ3n) is 3.82. The molecular weight excluding hydrogens is 311 g/mol. The van der Waals surface area contributed by atoms with Gasteiger partial charge >= 0.3 is 0 Å². The van der Waals surface area contributed by atoms with Gasteiger partial charge in [0.2, 0.25) is 0 Å². The lowest BCUT2D eigenvalue weighted by atomic mass is 10.1. The number of aryl methyl sites for hydroxylation is 1. The van der Waals surface area contributed by atoms with Gasteiger partial charge in [-0.2, -0.15) is 0 Å². The van der Waals surface area contributed by atoms with Crippen LogP contribution in [0, 0.1) is 19.7 Å². The molecule has 1 aromatic carbocycles. The van der Waals surface area contributed by atoms with Gasteiger partial charge in [0.25, 0.3) is 5.91 Å². The predicted octanol–water partition coefficient (Wildman–Crippen LogP) is 2.60. The number of hydrogen-bond donors (Lipinski definition) is 2. The number of amides is 1. The Labute approximate surface area is 139 Å². The van der Waals surface area contributed by atoms with Crippen LogP contribution in [-0.2, 0) is 11.3 Å². The van der Waals surface area contributed by atoms with E-state index in [4.69, 9.17) is 4.74 Å². The third kappa shape index (κ3) is 4.01. The maximum absolute atomic E-state index is 13.6. The number of para-hydroxylation sites is 1. The first kappa shape index (κ1) is 17.7. The maximum Gasteiger partial charge on any atom is 0.261 e. The van der Waals surface area contributed by atoms with Crippen molar-refractivity contribution in [1.29, 1.82) is 0 Å². The fourth-order valence-corrected chi connectivity index (χ4v) is 2.29. The summed E-state index contributed by atoms with van der Waals surface area (Å²) in [6.45, 7) is 5.39. The van der Waals surface area contributed by atoms with Gasteiger partial charge in [-0.1, -0.05) is 19.1 Å². The molecule has 0 saturated carbocycles. The Kier molecular flexibility index (Phi) is 5.73. The minimum Gasteiger partial charge on any atom is -0.478 e. The average Bonchev–Trinajstić information content (AvgIpc) is 2.58. The largest absolute Gasteiger partial charge is 0.478 e. The van der Waals surface area contributed by atoms with E-state index in [1.54, 1.807) is 39.1 Å². The van der Waals surface area contributed by atoms with Crippen molar-refractivity contribution in [2.24, 2.45) is 0 Å². The Bertz CT molecular complexity index is 786. The Morgan fingerprint density at radius 2 is 2.04 bits per heavy atom. The Balaban J connectivity index is 2.04. The van der Waals surface area contributed by atoms with Gasteiger partial charge in [0.15, 0.2) is 23.1 Å². The highest BCUT2D eigenvalue weighted by Gasteiger charge is 2.20. The van der Waals surface area contributed by atoms with Crippen molar-refractivity contribution in [2.75, 3.05) is 0 Å². The molecule has 0 bridgehead atoms. The van der Waals surface area contributed by atoms with Crippen LogP contribution < -0.4 is 15.5 Å². The van der Waals surface area contributed by atoms with E-state index in [0.717, 1.165) is 0 Å². The van der Waals surface area contributed by atoms with Crippen molar-refractivity contribution in [1.82, 2.24) is 10.3 Å². The highest BCUT2D eigenvalue weighted by atomic mass is 19.1. The highest BCUT2D eigenvalue weighted by molar-refractivity contribution is 5.81. The molecule has 2 aromatic rings. The second kappa shape index (κ2) is 7.77. The fourth-order valence-electron chi connectivity index (χ4n) is 2.29. The first-order valence-electron chi connectivity index (χ1n) is 7.80. The standard InChI is InChI=1S/C18H21FN2O3/c1-4-15(24-16-8-6-5-7-13(16)19)18(23)21-10-14-12(3)17(22)11(2)9-20-14/h5-9,15H,4,10H2,1-3H3,(H,20,22)(H,21,23). The number of benzene rings is 1. The molecular formula is C18H21FN2O3. The number of ether oxygens (including phenoxy) is 1. The molecule has 1 amide bonds. The van der Waals surface area contributed by atoms with Gasteiger partial charge in [-0.05, 0) is 32.4 Å². The van der Waals surface area contributed by atoms with Gasteiger partial charge in [-0.25, -0.2) is 4.39 Å². The van der Waals surface area contributed by atoms with E-state index < -0.39 is 11.9 Å². The van der Waals surface area contributed by atoms with Gasteiger partial charge in [0.1, 0.15) is 0 Å². The lowest BCUT2D eigenvalue weighted by Crippen LogP contribution is -2.38. The number of H-pyrrole nitrogens is 1. The summed E-state index contributed by atoms with van der Waals surface area (Å²) < 4.78 is 19.1. The van der Waals surface area contributed by atoms with Gasteiger partial charge in [0, 0.05) is 23.0 Å². The van der Waals surface area contributed by atoms with E-state index >= 15 is 0 Å². The lowest BCUT2D eigenvalue weighted by molar-refractivity contribution is -0.128. The summed E-state index contributed by atoms with van der Waals surface area (Å²) in [5.74, 6) is -0.830. The van der Waals surface area contributed by atoms with Crippen LogP contribution in [0.5, 0.6) is 5.75 Å². The van der Waals surface area contributed by atoms with E-state index in [9.17, 15) is 14.0 Å². The zero-order valence-electron chi connectivity index (χ0n) is 14.0. The Hall–Kier alpha value is -2.63. The number of rotatable bonds is 6. The van der Waals surface area contributed by atoms with Crippen molar-refractivity contribution >= 4 is 5.91 Å². The van der Waals surface area contributed by atoms with Gasteiger partial charge in [0.05, 0.1) is 6.54 Å². The average molecular weight is 332 g/mol. The second-order valence-corrected chi connectivity index (χ2v) is 5.57. The maximum atomic E-state index is 13.6. The number of aromatic nitrogens is 1. The number of carbonyl (C=O) groups excluding carboxylic acids is 1. The molecule has 1 heterocycles. The Morgan fingerprint density at radius 1 is 1.33 bits per heavy atom. The smallest absolute Gasteiger partial charge is 0.261 e. The monoisotopic (exact) mass is 332 g/mol. The first-order valence-corrected chi connectivity index (χ1v) is 7.80. The van der Waals surface area contributed by atoms with E-state index in [2.05, 4.69) is 10.3 Å². The quantitative estimate of drug-likeness (QED) is 0.854. The molecule has 6 heteroatoms. The molecule has 2 rings (SSSR count). The van der Waals surface area contributed by atoms with Crippen molar-refractivity contribution in [3.63, 3.8) is 0 Å². The second-order valence-electron chi connectivity index (χ2n) is 5.57. The topological polar surface area (TPSA) is 71.2 Å². The number of carbonyl (C=O) groups is 1. The summed E-state index contributed by atoms with van der Waals surface area (Å²) in [5.41, 5.74) is 1.78. The summed E-state index contributed by atoms with van der Waals surface area (Å²) in [4.78, 5) is 27.2. The van der Waals surface area contributed by atoms with E-state index in [0.29, 0.717) is 23.2 Å². The van der Waals surface area contributed by atoms with Crippen molar-refractivity contribution in [3.05, 3.63) is 63.3 Å². The number of hydrogen-bond acceptors (Lipinski definition) is 3. The molecule has 0 radical (unpaired) electrons. The van der Waals surface area contributed by atoms with Crippen LogP contribution in [-0.4, -0.2) is 17.0 Å². The van der Waals surface area contributed by atoms with Crippen molar-refractivity contribution in [2.45, 2.75) is 39.8 Å². The van der Waals surface area contributed by atoms with Gasteiger partial charge in [-0.3, -0.25) is 9.59 Å². The molecule has 0 fully saturated rings. The van der Waals surface area contributed by atoms with Gasteiger partial charge in [-0.15, -0.1) is 0 Å². The van der Waals surface area contributed by atoms with Crippen LogP contribution in [0.3, 0.4) is 0 Å². The normalized spacial score (nSPS) is 11.8. The number of nitrogens with one attached hydrogen (secondary N) is 2. The van der Waals surface area contributed by atoms with Gasteiger partial charge < -0.3 is 15.0 Å². The van der Waals surface area contributed by atoms with Crippen LogP contribution in [0.2, 0.25) is 0 Å². The molecule has 1 unspecified atom stereocenters. The summed E-state index contributed by atoms with van der Waals surface area (Å²) in [7, 11) is 0. The summed E-state index contributed by atoms with van der Waals surface area (Å²) in [5, 5.41) is 2.72. The molecule has 0 spiro atoms. The van der Waals surface area contributed by atoms with Crippen molar-refractivity contribution in [3.8, 4) is 5.75 Å². The number of pyridine rings is 1. The zero-order chi connectivity index (χ0) is 17.7. The van der Waals surface area contributed by atoms with Crippen LogP contribution in [0.1, 0.15) is 30.2 Å². The van der Waals surface area contributed by atoms with Crippen LogP contribution >= 0.6 is 0 Å². The minimum absolute atomic E-state index is 0.0411. The molecule has 1 aromatic heterocycles. The lowest BCUT2D eigenvalue weighted by Gasteiger charge is -2.18.